The smallest absolute Gasteiger partial charge is 0.261 e. The largest absolute Gasteiger partial charge is 0.296 e. The first kappa shape index (κ1) is 18.8. The van der Waals surface area contributed by atoms with E-state index in [1.807, 2.05) is 0 Å². The molecule has 2 heterocycles. The van der Waals surface area contributed by atoms with E-state index in [1.54, 1.807) is 24.3 Å². The number of carbonyl (C=O) groups is 3. The highest BCUT2D eigenvalue weighted by Crippen LogP contribution is 2.24. The van der Waals surface area contributed by atoms with Gasteiger partial charge in [-0.3, -0.25) is 24.6 Å². The minimum Gasteiger partial charge on any atom is -0.296 e. The van der Waals surface area contributed by atoms with E-state index in [-0.39, 0.29) is 35.5 Å². The summed E-state index contributed by atoms with van der Waals surface area (Å²) in [5.74, 6) is -3.56. The number of halogens is 2. The third-order valence-corrected chi connectivity index (χ3v) is 5.20. The molecule has 3 amide bonds. The van der Waals surface area contributed by atoms with Crippen molar-refractivity contribution in [3.63, 3.8) is 0 Å². The molecule has 7 nitrogen and oxygen atoms in total. The van der Waals surface area contributed by atoms with Crippen molar-refractivity contribution in [3.05, 3.63) is 75.8 Å². The Hall–Kier alpha value is -3.53. The van der Waals surface area contributed by atoms with Crippen LogP contribution in [0.3, 0.4) is 0 Å². The molecule has 0 atom stereocenters. The summed E-state index contributed by atoms with van der Waals surface area (Å²) < 4.78 is 26.2. The molecule has 0 spiro atoms. The van der Waals surface area contributed by atoms with Crippen molar-refractivity contribution in [2.45, 2.75) is 6.42 Å². The van der Waals surface area contributed by atoms with Crippen LogP contribution < -0.4 is 5.32 Å². The molecule has 0 saturated heterocycles. The number of nitrogens with zero attached hydrogens (tertiary/aromatic N) is 3. The first-order chi connectivity index (χ1) is 13.9. The molecule has 3 aromatic rings. The number of benzene rings is 2. The zero-order valence-electron chi connectivity index (χ0n) is 14.7. The van der Waals surface area contributed by atoms with Crippen LogP contribution in [0.4, 0.5) is 13.9 Å². The first-order valence-electron chi connectivity index (χ1n) is 8.48. The van der Waals surface area contributed by atoms with Crippen LogP contribution >= 0.6 is 11.3 Å². The fourth-order valence-electron chi connectivity index (χ4n) is 2.86. The van der Waals surface area contributed by atoms with E-state index < -0.39 is 17.5 Å². The summed E-state index contributed by atoms with van der Waals surface area (Å²) in [4.78, 5) is 37.9. The second-order valence-electron chi connectivity index (χ2n) is 6.14. The van der Waals surface area contributed by atoms with Gasteiger partial charge in [-0.15, -0.1) is 10.2 Å². The van der Waals surface area contributed by atoms with Crippen LogP contribution in [0.2, 0.25) is 0 Å². The van der Waals surface area contributed by atoms with Crippen molar-refractivity contribution in [2.75, 3.05) is 11.9 Å². The summed E-state index contributed by atoms with van der Waals surface area (Å²) in [6.07, 6.45) is 0.268. The van der Waals surface area contributed by atoms with Crippen LogP contribution in [0, 0.1) is 11.6 Å². The minimum atomic E-state index is -1.13. The number of hydrogen-bond acceptors (Lipinski definition) is 6. The normalized spacial score (nSPS) is 13.0. The maximum absolute atomic E-state index is 13.3. The molecule has 1 N–H and O–H groups in total. The molecule has 29 heavy (non-hydrogen) atoms. The molecule has 2 aromatic carbocycles. The van der Waals surface area contributed by atoms with Crippen molar-refractivity contribution < 1.29 is 23.2 Å². The molecule has 0 fully saturated rings. The van der Waals surface area contributed by atoms with E-state index in [0.717, 1.165) is 34.4 Å². The molecule has 10 heteroatoms. The molecule has 0 aliphatic carbocycles. The average molecular weight is 414 g/mol. The predicted octanol–water partition coefficient (Wildman–Crippen LogP) is 2.91. The molecule has 0 bridgehead atoms. The number of hydrogen-bond donors (Lipinski definition) is 1. The van der Waals surface area contributed by atoms with Gasteiger partial charge in [-0.05, 0) is 30.3 Å². The number of nitrogens with one attached hydrogen (secondary N) is 1. The van der Waals surface area contributed by atoms with Crippen LogP contribution in [0.15, 0.2) is 42.5 Å². The second-order valence-corrected chi connectivity index (χ2v) is 7.20. The molecule has 0 saturated carbocycles. The third kappa shape index (κ3) is 3.61. The summed E-state index contributed by atoms with van der Waals surface area (Å²) >= 11 is 1.06. The number of imide groups is 1. The average Bonchev–Trinajstić information content (AvgIpc) is 3.25. The SMILES string of the molecule is O=C(Nc1nnc(CCN2C(=O)c3ccccc3C2=O)s1)c1ccc(F)c(F)c1. The Morgan fingerprint density at radius 3 is 2.34 bits per heavy atom. The number of aromatic nitrogens is 2. The quantitative estimate of drug-likeness (QED) is 0.648. The van der Waals surface area contributed by atoms with E-state index in [2.05, 4.69) is 15.5 Å². The lowest BCUT2D eigenvalue weighted by atomic mass is 10.1. The van der Waals surface area contributed by atoms with Crippen molar-refractivity contribution in [2.24, 2.45) is 0 Å². The lowest BCUT2D eigenvalue weighted by molar-refractivity contribution is 0.0655. The molecule has 0 unspecified atom stereocenters. The fourth-order valence-corrected chi connectivity index (χ4v) is 3.59. The maximum atomic E-state index is 13.3. The van der Waals surface area contributed by atoms with Crippen LogP contribution in [-0.2, 0) is 6.42 Å². The van der Waals surface area contributed by atoms with Gasteiger partial charge < -0.3 is 0 Å². The van der Waals surface area contributed by atoms with E-state index in [0.29, 0.717) is 16.1 Å². The monoisotopic (exact) mass is 414 g/mol. The van der Waals surface area contributed by atoms with Gasteiger partial charge in [-0.2, -0.15) is 0 Å². The van der Waals surface area contributed by atoms with E-state index >= 15 is 0 Å². The first-order valence-corrected chi connectivity index (χ1v) is 9.29. The summed E-state index contributed by atoms with van der Waals surface area (Å²) in [6, 6.07) is 9.39. The van der Waals surface area contributed by atoms with E-state index in [9.17, 15) is 23.2 Å². The highest BCUT2D eigenvalue weighted by atomic mass is 32.1. The van der Waals surface area contributed by atoms with Gasteiger partial charge >= 0.3 is 0 Å². The molecule has 1 aliphatic heterocycles. The molecular weight excluding hydrogens is 402 g/mol. The minimum absolute atomic E-state index is 0.0633. The van der Waals surface area contributed by atoms with Gasteiger partial charge in [0.05, 0.1) is 11.1 Å². The van der Waals surface area contributed by atoms with Crippen molar-refractivity contribution >= 4 is 34.2 Å². The second kappa shape index (κ2) is 7.47. The lowest BCUT2D eigenvalue weighted by Gasteiger charge is -2.12. The number of rotatable bonds is 5. The Bertz CT molecular complexity index is 1110. The van der Waals surface area contributed by atoms with Crippen LogP contribution in [0.1, 0.15) is 36.1 Å². The zero-order chi connectivity index (χ0) is 20.5. The maximum Gasteiger partial charge on any atom is 0.261 e. The predicted molar refractivity (Wildman–Crippen MR) is 99.7 cm³/mol. The van der Waals surface area contributed by atoms with Crippen molar-refractivity contribution in [3.8, 4) is 0 Å². The van der Waals surface area contributed by atoms with E-state index in [1.165, 1.54) is 0 Å². The Morgan fingerprint density at radius 1 is 1.00 bits per heavy atom. The Labute approximate surface area is 167 Å². The summed E-state index contributed by atoms with van der Waals surface area (Å²) in [7, 11) is 0. The van der Waals surface area contributed by atoms with Gasteiger partial charge in [0.25, 0.3) is 17.7 Å². The van der Waals surface area contributed by atoms with Gasteiger partial charge in [-0.25, -0.2) is 8.78 Å². The van der Waals surface area contributed by atoms with Crippen LogP contribution in [0.25, 0.3) is 0 Å². The van der Waals surface area contributed by atoms with Gasteiger partial charge in [0.2, 0.25) is 5.13 Å². The number of amides is 3. The highest BCUT2D eigenvalue weighted by molar-refractivity contribution is 7.15. The van der Waals surface area contributed by atoms with Crippen LogP contribution in [-0.4, -0.2) is 39.4 Å². The molecule has 1 aromatic heterocycles. The van der Waals surface area contributed by atoms with Gasteiger partial charge in [0.15, 0.2) is 11.6 Å². The van der Waals surface area contributed by atoms with Crippen molar-refractivity contribution in [1.82, 2.24) is 15.1 Å². The molecule has 146 valence electrons. The van der Waals surface area contributed by atoms with Crippen LogP contribution in [0.5, 0.6) is 0 Å². The highest BCUT2D eigenvalue weighted by Gasteiger charge is 2.34. The summed E-state index contributed by atoms with van der Waals surface area (Å²) in [6.45, 7) is 0.123. The Balaban J connectivity index is 1.39. The molecule has 0 radical (unpaired) electrons. The van der Waals surface area contributed by atoms with E-state index in [4.69, 9.17) is 0 Å². The summed E-state index contributed by atoms with van der Waals surface area (Å²) in [5.41, 5.74) is 0.676. The fraction of sp³-hybridized carbons (Fsp3) is 0.105. The van der Waals surface area contributed by atoms with Gasteiger partial charge in [0.1, 0.15) is 5.01 Å². The number of fused-ring (bicyclic) bond motifs is 1. The zero-order valence-corrected chi connectivity index (χ0v) is 15.5. The Morgan fingerprint density at radius 2 is 1.69 bits per heavy atom. The number of carbonyl (C=O) groups excluding carboxylic acids is 3. The topological polar surface area (TPSA) is 92.3 Å². The molecule has 4 rings (SSSR count). The standard InChI is InChI=1S/C19H12F2N4O3S/c20-13-6-5-10(9-14(13)21)16(26)22-19-24-23-15(29-19)7-8-25-17(27)11-3-1-2-4-12(11)18(25)28/h1-6,9H,7-8H2,(H,22,24,26). The summed E-state index contributed by atoms with van der Waals surface area (Å²) in [5, 5.41) is 10.9. The van der Waals surface area contributed by atoms with Gasteiger partial charge in [0, 0.05) is 18.5 Å². The number of anilines is 1. The molecular formula is C19H12F2N4O3S. The third-order valence-electron chi connectivity index (χ3n) is 4.30. The van der Waals surface area contributed by atoms with Gasteiger partial charge in [-0.1, -0.05) is 23.5 Å². The lowest BCUT2D eigenvalue weighted by Crippen LogP contribution is -2.31. The molecule has 1 aliphatic rings. The Kier molecular flexibility index (Phi) is 4.85. The van der Waals surface area contributed by atoms with Crippen molar-refractivity contribution in [1.29, 1.82) is 0 Å².